The van der Waals surface area contributed by atoms with Gasteiger partial charge in [0.25, 0.3) is 0 Å². The normalized spacial score (nSPS) is 20.9. The molecule has 1 fully saturated rings. The third-order valence-corrected chi connectivity index (χ3v) is 7.08. The molecule has 0 atom stereocenters. The fourth-order valence-corrected chi connectivity index (χ4v) is 5.50. The van der Waals surface area contributed by atoms with Crippen molar-refractivity contribution in [3.8, 4) is 5.75 Å². The molecule has 0 aliphatic carbocycles. The number of rotatable bonds is 5. The van der Waals surface area contributed by atoms with Crippen LogP contribution >= 0.6 is 7.14 Å². The summed E-state index contributed by atoms with van der Waals surface area (Å²) in [6.07, 6.45) is 4.48. The van der Waals surface area contributed by atoms with E-state index in [9.17, 15) is 4.57 Å². The molecule has 1 aromatic carbocycles. The quantitative estimate of drug-likeness (QED) is 0.837. The monoisotopic (exact) mass is 298 g/mol. The summed E-state index contributed by atoms with van der Waals surface area (Å²) in [5.41, 5.74) is 0.641. The van der Waals surface area contributed by atoms with Gasteiger partial charge in [0, 0.05) is 24.2 Å². The van der Waals surface area contributed by atoms with E-state index in [2.05, 4.69) is 19.2 Å². The van der Waals surface area contributed by atoms with Crippen molar-refractivity contribution in [2.45, 2.75) is 33.1 Å². The van der Waals surface area contributed by atoms with Crippen LogP contribution < -0.4 is 15.4 Å². The van der Waals surface area contributed by atoms with Crippen LogP contribution in [0.3, 0.4) is 0 Å². The number of methoxy groups -OCH3 is 1. The molecule has 0 bridgehead atoms. The second kappa shape index (κ2) is 6.67. The van der Waals surface area contributed by atoms with Gasteiger partial charge in [0.1, 0.15) is 12.9 Å². The van der Waals surface area contributed by atoms with Crippen LogP contribution in [0.25, 0.3) is 0 Å². The predicted molar refractivity (Wildman–Crippen MR) is 87.1 cm³/mol. The Morgan fingerprint density at radius 2 is 2.10 bits per heavy atom. The molecule has 1 heterocycles. The molecule has 1 saturated heterocycles. The van der Waals surface area contributed by atoms with Crippen molar-refractivity contribution in [2.75, 3.05) is 31.2 Å². The average Bonchev–Trinajstić information content (AvgIpc) is 2.45. The molecule has 1 N–H and O–H groups in total. The molecule has 1 aromatic rings. The molecule has 0 saturated carbocycles. The molecule has 0 aromatic heterocycles. The van der Waals surface area contributed by atoms with Gasteiger partial charge in [-0.2, -0.15) is 0 Å². The lowest BCUT2D eigenvalue weighted by atomic mass is 10.2. The van der Waals surface area contributed by atoms with Gasteiger partial charge >= 0.3 is 0 Å². The van der Waals surface area contributed by atoms with Crippen LogP contribution in [0.5, 0.6) is 5.75 Å². The van der Waals surface area contributed by atoms with Crippen LogP contribution in [-0.4, -0.2) is 25.9 Å². The van der Waals surface area contributed by atoms with E-state index in [1.165, 1.54) is 0 Å². The molecule has 112 valence electrons. The zero-order valence-electron chi connectivity index (χ0n) is 15.3. The predicted octanol–water partition coefficient (Wildman–Crippen LogP) is 3.94. The first-order valence-electron chi connectivity index (χ1n) is 8.85. The van der Waals surface area contributed by atoms with Crippen LogP contribution in [0, 0.1) is 5.92 Å². The summed E-state index contributed by atoms with van der Waals surface area (Å²) in [6.45, 7) is 4.87. The van der Waals surface area contributed by atoms with Crippen LogP contribution in [0.2, 0.25) is 0 Å². The van der Waals surface area contributed by atoms with E-state index >= 15 is 0 Å². The number of anilines is 1. The number of hydrogen-bond acceptors (Lipinski definition) is 3. The Hall–Kier alpha value is -0.950. The lowest BCUT2D eigenvalue weighted by Crippen LogP contribution is -2.16. The van der Waals surface area contributed by atoms with Gasteiger partial charge in [-0.15, -0.1) is 0 Å². The third-order valence-electron chi connectivity index (χ3n) is 3.79. The fourth-order valence-electron chi connectivity index (χ4n) is 2.59. The summed E-state index contributed by atoms with van der Waals surface area (Å²) in [7, 11) is -4.93. The second-order valence-corrected chi connectivity index (χ2v) is 9.14. The summed E-state index contributed by atoms with van der Waals surface area (Å²) in [6, 6.07) is 5.33. The van der Waals surface area contributed by atoms with Crippen molar-refractivity contribution in [1.82, 2.24) is 0 Å². The highest BCUT2D eigenvalue weighted by Gasteiger charge is 2.27. The molecule has 3 nitrogen and oxygen atoms in total. The molecule has 1 aliphatic rings. The van der Waals surface area contributed by atoms with Crippen molar-refractivity contribution < 1.29 is 13.4 Å². The molecule has 2 rings (SSSR count). The molecule has 20 heavy (non-hydrogen) atoms. The van der Waals surface area contributed by atoms with Gasteiger partial charge in [0.2, 0.25) is 0 Å². The summed E-state index contributed by atoms with van der Waals surface area (Å²) < 4.78 is 40.4. The Balaban J connectivity index is 2.32. The SMILES string of the molecule is [2H]C([2H])([2H])Oc1cc(P2(=O)CCCCC2)ccc1NCC(C)C. The molecule has 0 amide bonds. The standard InChI is InChI=1S/C16H26NO2P/c1-13(2)12-17-15-8-7-14(11-16(15)19-3)20(18)9-5-4-6-10-20/h7-8,11,13,17H,4-6,9-10,12H2,1-3H3/i3D3. The smallest absolute Gasteiger partial charge is 0.142 e. The van der Waals surface area contributed by atoms with Crippen LogP contribution in [0.15, 0.2) is 18.2 Å². The topological polar surface area (TPSA) is 38.3 Å². The third kappa shape index (κ3) is 3.58. The van der Waals surface area contributed by atoms with E-state index in [0.29, 0.717) is 30.5 Å². The zero-order valence-corrected chi connectivity index (χ0v) is 13.2. The van der Waals surface area contributed by atoms with Crippen LogP contribution in [0.4, 0.5) is 5.69 Å². The van der Waals surface area contributed by atoms with Gasteiger partial charge in [-0.05, 0) is 37.0 Å². The number of hydrogen-bond donors (Lipinski definition) is 1. The van der Waals surface area contributed by atoms with Gasteiger partial charge < -0.3 is 14.6 Å². The lowest BCUT2D eigenvalue weighted by molar-refractivity contribution is 0.416. The Kier molecular flexibility index (Phi) is 3.90. The highest BCUT2D eigenvalue weighted by molar-refractivity contribution is 7.71. The summed E-state index contributed by atoms with van der Waals surface area (Å²) in [4.78, 5) is 0. The highest BCUT2D eigenvalue weighted by Crippen LogP contribution is 2.50. The molecular weight excluding hydrogens is 269 g/mol. The first-order valence-corrected chi connectivity index (χ1v) is 9.43. The lowest BCUT2D eigenvalue weighted by Gasteiger charge is -2.24. The average molecular weight is 298 g/mol. The minimum absolute atomic E-state index is 0.268. The molecule has 0 spiro atoms. The summed E-state index contributed by atoms with van der Waals surface area (Å²) >= 11 is 0. The number of nitrogens with one attached hydrogen (secondary N) is 1. The van der Waals surface area contributed by atoms with Crippen molar-refractivity contribution in [3.63, 3.8) is 0 Å². The maximum Gasteiger partial charge on any atom is 0.142 e. The van der Waals surface area contributed by atoms with Gasteiger partial charge in [-0.1, -0.05) is 20.3 Å². The molecule has 4 heteroatoms. The van der Waals surface area contributed by atoms with Gasteiger partial charge in [0.05, 0.1) is 16.8 Å². The van der Waals surface area contributed by atoms with E-state index in [4.69, 9.17) is 8.85 Å². The number of ether oxygens (including phenoxy) is 1. The largest absolute Gasteiger partial charge is 0.495 e. The van der Waals surface area contributed by atoms with Crippen LogP contribution in [0.1, 0.15) is 37.2 Å². The molecular formula is C16H26NO2P. The van der Waals surface area contributed by atoms with Crippen molar-refractivity contribution >= 4 is 18.1 Å². The van der Waals surface area contributed by atoms with E-state index in [1.54, 1.807) is 12.1 Å². The molecule has 0 unspecified atom stereocenters. The summed E-state index contributed by atoms with van der Waals surface area (Å²) in [5, 5.41) is 3.96. The number of benzene rings is 1. The van der Waals surface area contributed by atoms with E-state index in [-0.39, 0.29) is 5.75 Å². The zero-order chi connectivity index (χ0) is 17.1. The first kappa shape index (κ1) is 11.7. The second-order valence-electron chi connectivity index (χ2n) is 5.95. The fraction of sp³-hybridized carbons (Fsp3) is 0.625. The highest BCUT2D eigenvalue weighted by atomic mass is 31.2. The van der Waals surface area contributed by atoms with Gasteiger partial charge in [-0.3, -0.25) is 0 Å². The Bertz CT molecular complexity index is 577. The minimum Gasteiger partial charge on any atom is -0.495 e. The van der Waals surface area contributed by atoms with Crippen molar-refractivity contribution in [1.29, 1.82) is 0 Å². The van der Waals surface area contributed by atoms with E-state index in [1.807, 2.05) is 6.07 Å². The molecule has 0 radical (unpaired) electrons. The van der Waals surface area contributed by atoms with Gasteiger partial charge in [-0.25, -0.2) is 0 Å². The van der Waals surface area contributed by atoms with E-state index < -0.39 is 14.2 Å². The molecule has 1 aliphatic heterocycles. The maximum atomic E-state index is 13.1. The summed E-state index contributed by atoms with van der Waals surface area (Å²) in [5.74, 6) is 0.691. The van der Waals surface area contributed by atoms with Crippen LogP contribution in [-0.2, 0) is 4.57 Å². The minimum atomic E-state index is -2.52. The van der Waals surface area contributed by atoms with E-state index in [0.717, 1.165) is 24.6 Å². The first-order chi connectivity index (χ1) is 10.7. The van der Waals surface area contributed by atoms with Crippen molar-refractivity contribution in [2.24, 2.45) is 5.92 Å². The Morgan fingerprint density at radius 1 is 1.35 bits per heavy atom. The Labute approximate surface area is 126 Å². The van der Waals surface area contributed by atoms with Crippen molar-refractivity contribution in [3.05, 3.63) is 18.2 Å². The maximum absolute atomic E-state index is 13.1. The van der Waals surface area contributed by atoms with Gasteiger partial charge in [0.15, 0.2) is 0 Å². The Morgan fingerprint density at radius 3 is 2.75 bits per heavy atom.